The van der Waals surface area contributed by atoms with Crippen LogP contribution >= 0.6 is 39.1 Å². The fourth-order valence-electron chi connectivity index (χ4n) is 2.20. The first-order valence-electron chi connectivity index (χ1n) is 7.08. The molecule has 0 saturated carbocycles. The predicted molar refractivity (Wildman–Crippen MR) is 98.6 cm³/mol. The highest BCUT2D eigenvalue weighted by molar-refractivity contribution is 9.10. The van der Waals surface area contributed by atoms with Crippen molar-refractivity contribution in [1.82, 2.24) is 0 Å². The normalized spacial score (nSPS) is 13.2. The van der Waals surface area contributed by atoms with E-state index in [4.69, 9.17) is 23.2 Å². The molecule has 0 bridgehead atoms. The first-order chi connectivity index (χ1) is 11.6. The lowest BCUT2D eigenvalue weighted by molar-refractivity contribution is -0.139. The van der Waals surface area contributed by atoms with Crippen molar-refractivity contribution in [2.24, 2.45) is 0 Å². The Labute approximate surface area is 161 Å². The molecule has 0 heterocycles. The fraction of sp³-hybridized carbons (Fsp3) is 0.167. The van der Waals surface area contributed by atoms with E-state index in [1.165, 1.54) is 24.3 Å². The van der Waals surface area contributed by atoms with Gasteiger partial charge in [-0.15, -0.1) is 0 Å². The molecule has 0 aromatic heterocycles. The number of aldehydes is 1. The Morgan fingerprint density at radius 3 is 2.20 bits per heavy atom. The zero-order valence-corrected chi connectivity index (χ0v) is 16.0. The first-order valence-corrected chi connectivity index (χ1v) is 8.63. The molecule has 0 aliphatic carbocycles. The SMILES string of the molecule is Cc1c(Cl)cc(C(/C=C/c2ccc(C=O)c(Br)c2)C(F)(F)F)cc1Cl. The summed E-state index contributed by atoms with van der Waals surface area (Å²) in [6.45, 7) is 1.64. The van der Waals surface area contributed by atoms with Gasteiger partial charge in [0.05, 0.1) is 5.92 Å². The van der Waals surface area contributed by atoms with Gasteiger partial charge in [0.2, 0.25) is 0 Å². The number of halogens is 6. The third-order valence-electron chi connectivity index (χ3n) is 3.65. The maximum atomic E-state index is 13.5. The molecule has 0 N–H and O–H groups in total. The molecule has 0 radical (unpaired) electrons. The van der Waals surface area contributed by atoms with E-state index in [0.29, 0.717) is 27.4 Å². The van der Waals surface area contributed by atoms with E-state index in [0.717, 1.165) is 6.08 Å². The van der Waals surface area contributed by atoms with Gasteiger partial charge < -0.3 is 0 Å². The minimum atomic E-state index is -4.50. The molecule has 132 valence electrons. The minimum absolute atomic E-state index is 0.0343. The summed E-state index contributed by atoms with van der Waals surface area (Å²) < 4.78 is 40.9. The van der Waals surface area contributed by atoms with E-state index in [-0.39, 0.29) is 15.6 Å². The van der Waals surface area contributed by atoms with Crippen LogP contribution in [0.1, 0.15) is 33.0 Å². The molecule has 0 amide bonds. The average Bonchev–Trinajstić information content (AvgIpc) is 2.51. The molecule has 0 saturated heterocycles. The van der Waals surface area contributed by atoms with Crippen molar-refractivity contribution in [3.63, 3.8) is 0 Å². The van der Waals surface area contributed by atoms with Gasteiger partial charge in [-0.3, -0.25) is 4.79 Å². The van der Waals surface area contributed by atoms with E-state index in [1.54, 1.807) is 19.1 Å². The molecule has 0 fully saturated rings. The summed E-state index contributed by atoms with van der Waals surface area (Å²) >= 11 is 15.1. The van der Waals surface area contributed by atoms with Gasteiger partial charge in [-0.1, -0.05) is 57.4 Å². The second kappa shape index (κ2) is 7.94. The monoisotopic (exact) mass is 450 g/mol. The quantitative estimate of drug-likeness (QED) is 0.448. The Balaban J connectivity index is 2.43. The highest BCUT2D eigenvalue weighted by atomic mass is 79.9. The maximum Gasteiger partial charge on any atom is 0.399 e. The number of alkyl halides is 3. The summed E-state index contributed by atoms with van der Waals surface area (Å²) in [5.74, 6) is -1.85. The van der Waals surface area contributed by atoms with E-state index in [9.17, 15) is 18.0 Å². The molecule has 2 aromatic carbocycles. The zero-order valence-electron chi connectivity index (χ0n) is 12.9. The third-order valence-corrected chi connectivity index (χ3v) is 5.12. The minimum Gasteiger partial charge on any atom is -0.298 e. The predicted octanol–water partition coefficient (Wildman–Crippen LogP) is 7.24. The molecule has 25 heavy (non-hydrogen) atoms. The van der Waals surface area contributed by atoms with Gasteiger partial charge in [-0.25, -0.2) is 0 Å². The average molecular weight is 452 g/mol. The zero-order chi connectivity index (χ0) is 18.8. The Bertz CT molecular complexity index is 809. The van der Waals surface area contributed by atoms with Crippen LogP contribution in [0, 0.1) is 6.92 Å². The molecule has 1 unspecified atom stereocenters. The largest absolute Gasteiger partial charge is 0.399 e. The smallest absolute Gasteiger partial charge is 0.298 e. The van der Waals surface area contributed by atoms with Gasteiger partial charge in [0, 0.05) is 20.1 Å². The number of carbonyl (C=O) groups excluding carboxylic acids is 1. The lowest BCUT2D eigenvalue weighted by Gasteiger charge is -2.18. The molecule has 1 nitrogen and oxygen atoms in total. The van der Waals surface area contributed by atoms with Gasteiger partial charge in [0.15, 0.2) is 6.29 Å². The van der Waals surface area contributed by atoms with Gasteiger partial charge in [0.1, 0.15) is 0 Å². The van der Waals surface area contributed by atoms with Crippen LogP contribution in [0.15, 0.2) is 40.9 Å². The summed E-state index contributed by atoms with van der Waals surface area (Å²) in [7, 11) is 0. The van der Waals surface area contributed by atoms with Crippen LogP contribution in [0.4, 0.5) is 13.2 Å². The molecule has 1 atom stereocenters. The summed E-state index contributed by atoms with van der Waals surface area (Å²) in [6, 6.07) is 7.21. The Morgan fingerprint density at radius 1 is 1.12 bits per heavy atom. The summed E-state index contributed by atoms with van der Waals surface area (Å²) in [5, 5.41) is 0.367. The third kappa shape index (κ3) is 4.87. The lowest BCUT2D eigenvalue weighted by Crippen LogP contribution is -2.19. The molecular weight excluding hydrogens is 440 g/mol. The summed E-state index contributed by atoms with van der Waals surface area (Å²) in [4.78, 5) is 10.8. The van der Waals surface area contributed by atoms with Gasteiger partial charge in [-0.05, 0) is 47.9 Å². The molecule has 2 rings (SSSR count). The Hall–Kier alpha value is -1.30. The Kier molecular flexibility index (Phi) is 6.35. The van der Waals surface area contributed by atoms with Crippen LogP contribution in [0.3, 0.4) is 0 Å². The van der Waals surface area contributed by atoms with Crippen molar-refractivity contribution >= 4 is 51.5 Å². The number of allylic oxidation sites excluding steroid dienone is 1. The topological polar surface area (TPSA) is 17.1 Å². The lowest BCUT2D eigenvalue weighted by atomic mass is 9.96. The van der Waals surface area contributed by atoms with Crippen molar-refractivity contribution in [1.29, 1.82) is 0 Å². The van der Waals surface area contributed by atoms with E-state index < -0.39 is 12.1 Å². The van der Waals surface area contributed by atoms with E-state index in [2.05, 4.69) is 15.9 Å². The number of hydrogen-bond donors (Lipinski definition) is 0. The number of benzene rings is 2. The molecular formula is C18H12BrCl2F3O. The second-order valence-electron chi connectivity index (χ2n) is 5.39. The second-order valence-corrected chi connectivity index (χ2v) is 7.06. The summed E-state index contributed by atoms with van der Waals surface area (Å²) in [6.07, 6.45) is -1.45. The van der Waals surface area contributed by atoms with Crippen LogP contribution in [0.5, 0.6) is 0 Å². The van der Waals surface area contributed by atoms with Gasteiger partial charge >= 0.3 is 6.18 Å². The number of rotatable bonds is 4. The van der Waals surface area contributed by atoms with Crippen LogP contribution in [-0.4, -0.2) is 12.5 Å². The maximum absolute atomic E-state index is 13.5. The van der Waals surface area contributed by atoms with Crippen LogP contribution in [0.25, 0.3) is 6.08 Å². The van der Waals surface area contributed by atoms with E-state index in [1.807, 2.05) is 0 Å². The number of carbonyl (C=O) groups is 1. The summed E-state index contributed by atoms with van der Waals surface area (Å²) in [5.41, 5.74) is 1.44. The highest BCUT2D eigenvalue weighted by Crippen LogP contribution is 2.39. The van der Waals surface area contributed by atoms with Crippen molar-refractivity contribution in [2.45, 2.75) is 19.0 Å². The van der Waals surface area contributed by atoms with Crippen LogP contribution in [0.2, 0.25) is 10.0 Å². The van der Waals surface area contributed by atoms with Gasteiger partial charge in [0.25, 0.3) is 0 Å². The van der Waals surface area contributed by atoms with Crippen molar-refractivity contribution < 1.29 is 18.0 Å². The molecule has 7 heteroatoms. The van der Waals surface area contributed by atoms with Crippen molar-refractivity contribution in [2.75, 3.05) is 0 Å². The van der Waals surface area contributed by atoms with Crippen molar-refractivity contribution in [3.8, 4) is 0 Å². The molecule has 0 spiro atoms. The van der Waals surface area contributed by atoms with Crippen LogP contribution in [-0.2, 0) is 0 Å². The fourth-order valence-corrected chi connectivity index (χ4v) is 3.20. The highest BCUT2D eigenvalue weighted by Gasteiger charge is 2.39. The standard InChI is InChI=1S/C18H12BrCl2F3O/c1-10-16(20)7-13(8-17(10)21)14(18(22,23)24)5-3-11-2-4-12(9-25)15(19)6-11/h2-9,14H,1H3/b5-3+. The molecule has 0 aliphatic heterocycles. The van der Waals surface area contributed by atoms with Crippen molar-refractivity contribution in [3.05, 3.63) is 73.2 Å². The van der Waals surface area contributed by atoms with Crippen LogP contribution < -0.4 is 0 Å². The number of hydrogen-bond acceptors (Lipinski definition) is 1. The van der Waals surface area contributed by atoms with Gasteiger partial charge in [-0.2, -0.15) is 13.2 Å². The van der Waals surface area contributed by atoms with E-state index >= 15 is 0 Å². The molecule has 0 aliphatic rings. The molecule has 2 aromatic rings. The first kappa shape index (κ1) is 20.0. The Morgan fingerprint density at radius 2 is 1.72 bits per heavy atom.